The molecule has 0 radical (unpaired) electrons. The highest BCUT2D eigenvalue weighted by Crippen LogP contribution is 2.18. The van der Waals surface area contributed by atoms with Crippen molar-refractivity contribution in [2.75, 3.05) is 11.9 Å². The fraction of sp³-hybridized carbons (Fsp3) is 0.375. The molecule has 21 heavy (non-hydrogen) atoms. The van der Waals surface area contributed by atoms with Crippen molar-refractivity contribution in [2.24, 2.45) is 5.92 Å². The molecule has 0 saturated carbocycles. The van der Waals surface area contributed by atoms with Gasteiger partial charge in [-0.05, 0) is 43.5 Å². The summed E-state index contributed by atoms with van der Waals surface area (Å²) in [5.41, 5.74) is 0.756. The zero-order valence-electron chi connectivity index (χ0n) is 11.8. The van der Waals surface area contributed by atoms with Crippen molar-refractivity contribution in [1.82, 2.24) is 5.32 Å². The maximum Gasteiger partial charge on any atom is 0.226 e. The van der Waals surface area contributed by atoms with Gasteiger partial charge in [-0.1, -0.05) is 28.1 Å². The van der Waals surface area contributed by atoms with Crippen molar-refractivity contribution < 1.29 is 9.59 Å². The maximum absolute atomic E-state index is 11.9. The van der Waals surface area contributed by atoms with Crippen molar-refractivity contribution in [3.8, 4) is 0 Å². The number of allylic oxidation sites excluding steroid dienone is 2. The highest BCUT2D eigenvalue weighted by atomic mass is 79.9. The molecule has 2 N–H and O–H groups in total. The zero-order valence-corrected chi connectivity index (χ0v) is 13.4. The van der Waals surface area contributed by atoms with Gasteiger partial charge in [0.2, 0.25) is 11.8 Å². The first kappa shape index (κ1) is 15.8. The number of carbonyl (C=O) groups excluding carboxylic acids is 2. The van der Waals surface area contributed by atoms with E-state index < -0.39 is 0 Å². The summed E-state index contributed by atoms with van der Waals surface area (Å²) in [6, 6.07) is 7.39. The standard InChI is InChI=1S/C16H19BrN2O2/c17-13-6-8-14(9-7-13)19-15(20)10-11-18-16(21)12-4-2-1-3-5-12/h1-2,6-9,12H,3-5,10-11H2,(H,18,21)(H,19,20). The molecule has 0 aromatic heterocycles. The quantitative estimate of drug-likeness (QED) is 0.800. The Morgan fingerprint density at radius 2 is 1.95 bits per heavy atom. The lowest BCUT2D eigenvalue weighted by molar-refractivity contribution is -0.125. The zero-order chi connectivity index (χ0) is 15.1. The molecule has 2 amide bonds. The van der Waals surface area contributed by atoms with Crippen molar-refractivity contribution in [1.29, 1.82) is 0 Å². The Balaban J connectivity index is 1.68. The van der Waals surface area contributed by atoms with Gasteiger partial charge in [-0.15, -0.1) is 0 Å². The molecule has 0 spiro atoms. The van der Waals surface area contributed by atoms with Crippen LogP contribution < -0.4 is 10.6 Å². The minimum absolute atomic E-state index is 0.0517. The lowest BCUT2D eigenvalue weighted by Gasteiger charge is -2.17. The van der Waals surface area contributed by atoms with Crippen molar-refractivity contribution in [3.63, 3.8) is 0 Å². The third kappa shape index (κ3) is 5.34. The second kappa shape index (κ2) is 7.98. The predicted molar refractivity (Wildman–Crippen MR) is 86.9 cm³/mol. The Kier molecular flexibility index (Phi) is 5.99. The molecule has 1 aliphatic carbocycles. The average Bonchev–Trinajstić information content (AvgIpc) is 2.50. The van der Waals surface area contributed by atoms with E-state index in [1.54, 1.807) is 0 Å². The molecule has 0 bridgehead atoms. The van der Waals surface area contributed by atoms with Crippen LogP contribution in [-0.4, -0.2) is 18.4 Å². The van der Waals surface area contributed by atoms with Gasteiger partial charge in [-0.3, -0.25) is 9.59 Å². The summed E-state index contributed by atoms with van der Waals surface area (Å²) in [5, 5.41) is 5.64. The highest BCUT2D eigenvalue weighted by Gasteiger charge is 2.18. The van der Waals surface area contributed by atoms with E-state index >= 15 is 0 Å². The summed E-state index contributed by atoms with van der Waals surface area (Å²) in [5.74, 6) is 0.0153. The number of nitrogens with one attached hydrogen (secondary N) is 2. The van der Waals surface area contributed by atoms with Crippen LogP contribution in [0.1, 0.15) is 25.7 Å². The van der Waals surface area contributed by atoms with Crippen LogP contribution in [0.5, 0.6) is 0 Å². The molecule has 2 rings (SSSR count). The third-order valence-electron chi connectivity index (χ3n) is 3.42. The van der Waals surface area contributed by atoms with Crippen LogP contribution >= 0.6 is 15.9 Å². The van der Waals surface area contributed by atoms with Crippen LogP contribution in [0.4, 0.5) is 5.69 Å². The lowest BCUT2D eigenvalue weighted by Crippen LogP contribution is -2.33. The van der Waals surface area contributed by atoms with Crippen LogP contribution in [0.3, 0.4) is 0 Å². The molecule has 1 aliphatic rings. The Morgan fingerprint density at radius 1 is 1.19 bits per heavy atom. The van der Waals surface area contributed by atoms with E-state index in [2.05, 4.69) is 32.6 Å². The second-order valence-electron chi connectivity index (χ2n) is 5.08. The molecule has 0 heterocycles. The van der Waals surface area contributed by atoms with Gasteiger partial charge in [0.05, 0.1) is 0 Å². The van der Waals surface area contributed by atoms with Crippen LogP contribution in [0, 0.1) is 5.92 Å². The topological polar surface area (TPSA) is 58.2 Å². The number of benzene rings is 1. The number of hydrogen-bond acceptors (Lipinski definition) is 2. The second-order valence-corrected chi connectivity index (χ2v) is 5.99. The van der Waals surface area contributed by atoms with Gasteiger partial charge < -0.3 is 10.6 Å². The molecule has 1 aromatic rings. The van der Waals surface area contributed by atoms with E-state index in [0.717, 1.165) is 29.4 Å². The van der Waals surface area contributed by atoms with E-state index in [1.807, 2.05) is 30.3 Å². The van der Waals surface area contributed by atoms with Gasteiger partial charge in [0.1, 0.15) is 0 Å². The maximum atomic E-state index is 11.9. The number of hydrogen-bond donors (Lipinski definition) is 2. The Labute approximate surface area is 133 Å². The van der Waals surface area contributed by atoms with Gasteiger partial charge in [-0.25, -0.2) is 0 Å². The molecular weight excluding hydrogens is 332 g/mol. The molecule has 112 valence electrons. The first-order valence-corrected chi connectivity index (χ1v) is 7.92. The third-order valence-corrected chi connectivity index (χ3v) is 3.95. The van der Waals surface area contributed by atoms with Gasteiger partial charge in [0.25, 0.3) is 0 Å². The Hall–Kier alpha value is -1.62. The van der Waals surface area contributed by atoms with Crippen molar-refractivity contribution >= 4 is 33.4 Å². The van der Waals surface area contributed by atoms with Gasteiger partial charge in [0.15, 0.2) is 0 Å². The summed E-state index contributed by atoms with van der Waals surface area (Å²) in [4.78, 5) is 23.7. The van der Waals surface area contributed by atoms with Crippen molar-refractivity contribution in [3.05, 3.63) is 40.9 Å². The molecule has 1 atom stereocenters. The summed E-state index contributed by atoms with van der Waals surface area (Å²) in [6.07, 6.45) is 7.10. The van der Waals surface area contributed by atoms with Gasteiger partial charge >= 0.3 is 0 Å². The molecule has 1 aromatic carbocycles. The van der Waals surface area contributed by atoms with E-state index in [-0.39, 0.29) is 24.2 Å². The molecule has 4 nitrogen and oxygen atoms in total. The van der Waals surface area contributed by atoms with Gasteiger partial charge in [-0.2, -0.15) is 0 Å². The fourth-order valence-electron chi connectivity index (χ4n) is 2.23. The van der Waals surface area contributed by atoms with Crippen molar-refractivity contribution in [2.45, 2.75) is 25.7 Å². The SMILES string of the molecule is O=C(CCNC(=O)C1CC=CCC1)Nc1ccc(Br)cc1. The molecule has 0 aliphatic heterocycles. The van der Waals surface area contributed by atoms with Crippen LogP contribution in [0.25, 0.3) is 0 Å². The number of halogens is 1. The summed E-state index contributed by atoms with van der Waals surface area (Å²) in [6.45, 7) is 0.376. The molecule has 1 unspecified atom stereocenters. The minimum atomic E-state index is -0.0961. The Bertz CT molecular complexity index is 526. The van der Waals surface area contributed by atoms with E-state index in [0.29, 0.717) is 6.54 Å². The van der Waals surface area contributed by atoms with Crippen LogP contribution in [0.15, 0.2) is 40.9 Å². The number of amides is 2. The van der Waals surface area contributed by atoms with Crippen LogP contribution in [0.2, 0.25) is 0 Å². The first-order chi connectivity index (χ1) is 10.1. The highest BCUT2D eigenvalue weighted by molar-refractivity contribution is 9.10. The van der Waals surface area contributed by atoms with E-state index in [1.165, 1.54) is 0 Å². The first-order valence-electron chi connectivity index (χ1n) is 7.13. The Morgan fingerprint density at radius 3 is 2.62 bits per heavy atom. The molecule has 0 fully saturated rings. The largest absolute Gasteiger partial charge is 0.355 e. The molecule has 5 heteroatoms. The summed E-state index contributed by atoms with van der Waals surface area (Å²) in [7, 11) is 0. The minimum Gasteiger partial charge on any atom is -0.355 e. The average molecular weight is 351 g/mol. The van der Waals surface area contributed by atoms with Crippen LogP contribution in [-0.2, 0) is 9.59 Å². The molecule has 0 saturated heterocycles. The van der Waals surface area contributed by atoms with E-state index in [9.17, 15) is 9.59 Å². The lowest BCUT2D eigenvalue weighted by atomic mass is 9.94. The summed E-state index contributed by atoms with van der Waals surface area (Å²) >= 11 is 3.34. The number of anilines is 1. The molecular formula is C16H19BrN2O2. The van der Waals surface area contributed by atoms with E-state index in [4.69, 9.17) is 0 Å². The smallest absolute Gasteiger partial charge is 0.226 e. The fourth-order valence-corrected chi connectivity index (χ4v) is 2.50. The van der Waals surface area contributed by atoms with Gasteiger partial charge in [0, 0.05) is 29.0 Å². The number of carbonyl (C=O) groups is 2. The predicted octanol–water partition coefficient (Wildman–Crippen LogP) is 3.25. The number of rotatable bonds is 5. The summed E-state index contributed by atoms with van der Waals surface area (Å²) < 4.78 is 0.967. The normalized spacial score (nSPS) is 17.3. The monoisotopic (exact) mass is 350 g/mol.